The van der Waals surface area contributed by atoms with Crippen molar-refractivity contribution in [3.63, 3.8) is 0 Å². The van der Waals surface area contributed by atoms with Gasteiger partial charge in [0.05, 0.1) is 0 Å². The normalized spacial score (nSPS) is 13.0. The molecule has 1 atom stereocenters. The van der Waals surface area contributed by atoms with Crippen LogP contribution in [0.2, 0.25) is 0 Å². The van der Waals surface area contributed by atoms with Crippen LogP contribution < -0.4 is 4.74 Å². The Bertz CT molecular complexity index is 444. The van der Waals surface area contributed by atoms with Crippen molar-refractivity contribution in [1.29, 1.82) is 0 Å². The first-order valence-electron chi connectivity index (χ1n) is 5.71. The Kier molecular flexibility index (Phi) is 7.04. The average molecular weight is 320 g/mol. The molecule has 106 valence electrons. The quantitative estimate of drug-likeness (QED) is 0.434. The highest BCUT2D eigenvalue weighted by atomic mass is 32.9. The monoisotopic (exact) mass is 320 g/mol. The van der Waals surface area contributed by atoms with Gasteiger partial charge in [0.25, 0.3) is 0 Å². The topological polar surface area (TPSA) is 44.8 Å². The molecule has 0 saturated heterocycles. The molecule has 0 aliphatic heterocycles. The van der Waals surface area contributed by atoms with Crippen LogP contribution in [0, 0.1) is 0 Å². The molecule has 0 spiro atoms. The lowest BCUT2D eigenvalue weighted by Crippen LogP contribution is -2.22. The Hall–Kier alpha value is -0.390. The molecular weight excluding hydrogens is 303 g/mol. The van der Waals surface area contributed by atoms with Crippen LogP contribution in [0.3, 0.4) is 0 Å². The second-order valence-corrected chi connectivity index (χ2v) is 10.2. The number of esters is 1. The molecule has 0 radical (unpaired) electrons. The molecule has 7 heteroatoms. The molecule has 0 aromatic heterocycles. The Balaban J connectivity index is 2.70. The maximum Gasteiger partial charge on any atom is 0.324 e. The molecule has 4 nitrogen and oxygen atoms in total. The third-order valence-electron chi connectivity index (χ3n) is 2.30. The van der Waals surface area contributed by atoms with E-state index in [-0.39, 0.29) is 5.97 Å². The maximum absolute atomic E-state index is 12.1. The lowest BCUT2D eigenvalue weighted by Gasteiger charge is -2.21. The number of carbonyl (C=O) groups is 1. The highest BCUT2D eigenvalue weighted by Crippen LogP contribution is 2.62. The van der Waals surface area contributed by atoms with Crippen LogP contribution in [-0.2, 0) is 25.6 Å². The van der Waals surface area contributed by atoms with Crippen molar-refractivity contribution in [3.8, 4) is 5.75 Å². The van der Waals surface area contributed by atoms with Gasteiger partial charge in [-0.15, -0.1) is 0 Å². The number of carbonyl (C=O) groups excluding carboxylic acids is 1. The van der Waals surface area contributed by atoms with Crippen molar-refractivity contribution in [1.82, 2.24) is 0 Å². The summed E-state index contributed by atoms with van der Waals surface area (Å²) in [5.74, 6) is 0.191. The standard InChI is InChI=1S/C12H17O4PS2/c1-4-11(19-17(18,14-2)15-3)12(13)16-10-8-6-5-7-9-10/h5-9,11H,4H2,1-3H3. The zero-order chi connectivity index (χ0) is 14.3. The summed E-state index contributed by atoms with van der Waals surface area (Å²) < 4.78 is 15.7. The van der Waals surface area contributed by atoms with Gasteiger partial charge in [-0.05, 0) is 30.4 Å². The van der Waals surface area contributed by atoms with Gasteiger partial charge in [0.1, 0.15) is 11.0 Å². The first-order chi connectivity index (χ1) is 9.04. The van der Waals surface area contributed by atoms with Gasteiger partial charge < -0.3 is 13.8 Å². The molecule has 0 aliphatic rings. The average Bonchev–Trinajstić information content (AvgIpc) is 2.45. The van der Waals surface area contributed by atoms with Gasteiger partial charge in [0, 0.05) is 14.2 Å². The van der Waals surface area contributed by atoms with E-state index in [1.807, 2.05) is 25.1 Å². The van der Waals surface area contributed by atoms with E-state index in [2.05, 4.69) is 0 Å². The summed E-state index contributed by atoms with van der Waals surface area (Å²) in [7, 11) is 2.99. The Labute approximate surface area is 122 Å². The van der Waals surface area contributed by atoms with E-state index in [1.165, 1.54) is 25.6 Å². The molecule has 0 N–H and O–H groups in total. The third-order valence-corrected chi connectivity index (χ3v) is 8.33. The van der Waals surface area contributed by atoms with E-state index in [0.717, 1.165) is 0 Å². The van der Waals surface area contributed by atoms with Crippen molar-refractivity contribution in [2.24, 2.45) is 0 Å². The maximum atomic E-state index is 12.1. The van der Waals surface area contributed by atoms with Gasteiger partial charge in [-0.2, -0.15) is 0 Å². The second-order valence-electron chi connectivity index (χ2n) is 3.55. The molecule has 1 unspecified atom stereocenters. The van der Waals surface area contributed by atoms with E-state index >= 15 is 0 Å². The van der Waals surface area contributed by atoms with Crippen LogP contribution in [0.1, 0.15) is 13.3 Å². The van der Waals surface area contributed by atoms with Gasteiger partial charge in [0.2, 0.25) is 5.69 Å². The minimum atomic E-state index is -2.46. The van der Waals surface area contributed by atoms with E-state index in [0.29, 0.717) is 12.2 Å². The third kappa shape index (κ3) is 5.24. The first kappa shape index (κ1) is 16.7. The lowest BCUT2D eigenvalue weighted by atomic mass is 10.3. The smallest absolute Gasteiger partial charge is 0.324 e. The summed E-state index contributed by atoms with van der Waals surface area (Å²) in [5, 5.41) is -0.397. The number of ether oxygens (including phenoxy) is 1. The van der Waals surface area contributed by atoms with Crippen molar-refractivity contribution < 1.29 is 18.6 Å². The summed E-state index contributed by atoms with van der Waals surface area (Å²) in [5.41, 5.74) is -2.46. The van der Waals surface area contributed by atoms with Gasteiger partial charge in [-0.1, -0.05) is 36.5 Å². The van der Waals surface area contributed by atoms with Crippen LogP contribution in [0.4, 0.5) is 0 Å². The van der Waals surface area contributed by atoms with Gasteiger partial charge in [0.15, 0.2) is 0 Å². The molecule has 0 aliphatic carbocycles. The van der Waals surface area contributed by atoms with E-state index in [9.17, 15) is 4.79 Å². The number of para-hydroxylation sites is 1. The summed E-state index contributed by atoms with van der Waals surface area (Å²) >= 11 is 6.48. The van der Waals surface area contributed by atoms with E-state index in [4.69, 9.17) is 25.6 Å². The molecular formula is C12H17O4PS2. The zero-order valence-corrected chi connectivity index (χ0v) is 13.6. The number of hydrogen-bond donors (Lipinski definition) is 0. The van der Waals surface area contributed by atoms with Crippen molar-refractivity contribution in [3.05, 3.63) is 30.3 Å². The van der Waals surface area contributed by atoms with Gasteiger partial charge in [-0.25, -0.2) is 0 Å². The van der Waals surface area contributed by atoms with Crippen LogP contribution in [0.25, 0.3) is 0 Å². The molecule has 0 heterocycles. The summed E-state index contributed by atoms with van der Waals surface area (Å²) in [6.45, 7) is 1.90. The summed E-state index contributed by atoms with van der Waals surface area (Å²) in [4.78, 5) is 12.1. The molecule has 0 fully saturated rings. The van der Waals surface area contributed by atoms with Crippen molar-refractivity contribution in [2.45, 2.75) is 18.6 Å². The fourth-order valence-corrected chi connectivity index (χ4v) is 5.28. The number of hydrogen-bond acceptors (Lipinski definition) is 6. The largest absolute Gasteiger partial charge is 0.426 e. The molecule has 1 rings (SSSR count). The van der Waals surface area contributed by atoms with Crippen LogP contribution in [0.15, 0.2) is 30.3 Å². The van der Waals surface area contributed by atoms with Gasteiger partial charge >= 0.3 is 5.97 Å². The number of rotatable bonds is 7. The van der Waals surface area contributed by atoms with Crippen LogP contribution in [-0.4, -0.2) is 25.4 Å². The van der Waals surface area contributed by atoms with Crippen molar-refractivity contribution >= 4 is 34.9 Å². The minimum Gasteiger partial charge on any atom is -0.426 e. The Morgan fingerprint density at radius 1 is 1.32 bits per heavy atom. The lowest BCUT2D eigenvalue weighted by molar-refractivity contribution is -0.133. The first-order valence-corrected chi connectivity index (χ1v) is 9.83. The van der Waals surface area contributed by atoms with Crippen molar-refractivity contribution in [2.75, 3.05) is 14.2 Å². The van der Waals surface area contributed by atoms with Gasteiger partial charge in [-0.3, -0.25) is 4.79 Å². The zero-order valence-electron chi connectivity index (χ0n) is 11.1. The fourth-order valence-electron chi connectivity index (χ4n) is 1.27. The highest BCUT2D eigenvalue weighted by molar-refractivity contribution is 8.68. The summed E-state index contributed by atoms with van der Waals surface area (Å²) in [6, 6.07) is 8.95. The summed E-state index contributed by atoms with van der Waals surface area (Å²) in [6.07, 6.45) is 0.599. The predicted molar refractivity (Wildman–Crippen MR) is 82.1 cm³/mol. The van der Waals surface area contributed by atoms with E-state index in [1.54, 1.807) is 12.1 Å². The molecule has 0 saturated carbocycles. The minimum absolute atomic E-state index is 0.331. The SMILES string of the molecule is CCC(SP(=S)(OC)OC)C(=O)Oc1ccccc1. The van der Waals surface area contributed by atoms with Crippen LogP contribution in [0.5, 0.6) is 5.75 Å². The highest BCUT2D eigenvalue weighted by Gasteiger charge is 2.28. The van der Waals surface area contributed by atoms with Crippen LogP contribution >= 0.6 is 17.1 Å². The molecule has 0 bridgehead atoms. The Morgan fingerprint density at radius 2 is 1.89 bits per heavy atom. The molecule has 1 aromatic rings. The predicted octanol–water partition coefficient (Wildman–Crippen LogP) is 3.62. The molecule has 19 heavy (non-hydrogen) atoms. The second kappa shape index (κ2) is 8.02. The van der Waals surface area contributed by atoms with E-state index < -0.39 is 10.9 Å². The fraction of sp³-hybridized carbons (Fsp3) is 0.417. The Morgan fingerprint density at radius 3 is 2.37 bits per heavy atom. The molecule has 1 aromatic carbocycles. The molecule has 0 amide bonds. The number of benzene rings is 1.